The van der Waals surface area contributed by atoms with Gasteiger partial charge in [0.2, 0.25) is 0 Å². The third-order valence-corrected chi connectivity index (χ3v) is 4.05. The van der Waals surface area contributed by atoms with Crippen LogP contribution in [0.25, 0.3) is 0 Å². The van der Waals surface area contributed by atoms with Gasteiger partial charge >= 0.3 is 0 Å². The van der Waals surface area contributed by atoms with E-state index in [1.807, 2.05) is 6.92 Å². The van der Waals surface area contributed by atoms with Gasteiger partial charge in [0.25, 0.3) is 5.91 Å². The zero-order chi connectivity index (χ0) is 17.0. The summed E-state index contributed by atoms with van der Waals surface area (Å²) in [5.41, 5.74) is 0. The van der Waals surface area contributed by atoms with Gasteiger partial charge in [0, 0.05) is 32.2 Å². The second kappa shape index (κ2) is 7.75. The lowest BCUT2D eigenvalue weighted by atomic mass is 10.1. The smallest absolute Gasteiger partial charge is 0.263 e. The van der Waals surface area contributed by atoms with Crippen molar-refractivity contribution in [2.24, 2.45) is 0 Å². The molecule has 1 aromatic carbocycles. The SMILES string of the molecule is C[C@H](O)CN1CCN(C(=O)[C@@H](C)Oc2ccc(F)cc2)C[C@@H]1C. The second-order valence-electron chi connectivity index (χ2n) is 6.19. The molecule has 5 nitrogen and oxygen atoms in total. The lowest BCUT2D eigenvalue weighted by Crippen LogP contribution is -2.56. The molecule has 1 aliphatic rings. The minimum atomic E-state index is -0.615. The van der Waals surface area contributed by atoms with Crippen LogP contribution >= 0.6 is 0 Å². The third-order valence-electron chi connectivity index (χ3n) is 4.05. The first kappa shape index (κ1) is 17.7. The quantitative estimate of drug-likeness (QED) is 0.892. The van der Waals surface area contributed by atoms with Crippen molar-refractivity contribution in [1.29, 1.82) is 0 Å². The van der Waals surface area contributed by atoms with Crippen LogP contribution in [0.5, 0.6) is 5.75 Å². The van der Waals surface area contributed by atoms with E-state index < -0.39 is 6.10 Å². The number of hydrogen-bond donors (Lipinski definition) is 1. The first-order chi connectivity index (χ1) is 10.9. The van der Waals surface area contributed by atoms with Crippen molar-refractivity contribution in [3.8, 4) is 5.75 Å². The molecule has 0 bridgehead atoms. The Labute approximate surface area is 136 Å². The van der Waals surface area contributed by atoms with Gasteiger partial charge in [0.15, 0.2) is 6.10 Å². The van der Waals surface area contributed by atoms with Crippen molar-refractivity contribution < 1.29 is 19.0 Å². The van der Waals surface area contributed by atoms with Crippen LogP contribution in [-0.4, -0.2) is 65.2 Å². The number of nitrogens with zero attached hydrogens (tertiary/aromatic N) is 2. The van der Waals surface area contributed by atoms with Crippen LogP contribution in [0.15, 0.2) is 24.3 Å². The van der Waals surface area contributed by atoms with Crippen LogP contribution < -0.4 is 4.74 Å². The molecule has 6 heteroatoms. The maximum Gasteiger partial charge on any atom is 0.263 e. The van der Waals surface area contributed by atoms with Gasteiger partial charge in [-0.2, -0.15) is 0 Å². The van der Waals surface area contributed by atoms with Crippen LogP contribution in [0, 0.1) is 5.82 Å². The summed E-state index contributed by atoms with van der Waals surface area (Å²) in [6, 6.07) is 5.85. The van der Waals surface area contributed by atoms with Gasteiger partial charge in [0.1, 0.15) is 11.6 Å². The summed E-state index contributed by atoms with van der Waals surface area (Å²) in [5.74, 6) is 0.0744. The largest absolute Gasteiger partial charge is 0.481 e. The van der Waals surface area contributed by atoms with Crippen LogP contribution in [0.3, 0.4) is 0 Å². The van der Waals surface area contributed by atoms with E-state index >= 15 is 0 Å². The van der Waals surface area contributed by atoms with E-state index in [9.17, 15) is 14.3 Å². The second-order valence-corrected chi connectivity index (χ2v) is 6.19. The van der Waals surface area contributed by atoms with Gasteiger partial charge < -0.3 is 14.7 Å². The molecule has 1 saturated heterocycles. The van der Waals surface area contributed by atoms with Crippen LogP contribution in [0.2, 0.25) is 0 Å². The topological polar surface area (TPSA) is 53.0 Å². The molecule has 1 N–H and O–H groups in total. The minimum absolute atomic E-state index is 0.0714. The number of aliphatic hydroxyl groups excluding tert-OH is 1. The Morgan fingerprint density at radius 3 is 2.57 bits per heavy atom. The Bertz CT molecular complexity index is 521. The fourth-order valence-corrected chi connectivity index (χ4v) is 2.83. The molecule has 0 aromatic heterocycles. The number of carbonyl (C=O) groups excluding carboxylic acids is 1. The van der Waals surface area contributed by atoms with E-state index in [1.54, 1.807) is 18.7 Å². The molecule has 1 aliphatic heterocycles. The van der Waals surface area contributed by atoms with Crippen molar-refractivity contribution >= 4 is 5.91 Å². The highest BCUT2D eigenvalue weighted by atomic mass is 19.1. The lowest BCUT2D eigenvalue weighted by molar-refractivity contribution is -0.141. The average Bonchev–Trinajstić information content (AvgIpc) is 2.50. The molecule has 23 heavy (non-hydrogen) atoms. The summed E-state index contributed by atoms with van der Waals surface area (Å²) in [4.78, 5) is 16.5. The molecule has 0 saturated carbocycles. The van der Waals surface area contributed by atoms with Crippen molar-refractivity contribution in [3.63, 3.8) is 0 Å². The van der Waals surface area contributed by atoms with Gasteiger partial charge in [-0.1, -0.05) is 0 Å². The number of β-amino-alcohol motifs (C(OH)–C–C–N with tert-alkyl or cyclic N) is 1. The molecule has 1 amide bonds. The Kier molecular flexibility index (Phi) is 5.96. The first-order valence-electron chi connectivity index (χ1n) is 8.00. The number of rotatable bonds is 5. The summed E-state index contributed by atoms with van der Waals surface area (Å²) in [7, 11) is 0. The fourth-order valence-electron chi connectivity index (χ4n) is 2.83. The van der Waals surface area contributed by atoms with E-state index in [-0.39, 0.29) is 23.9 Å². The predicted molar refractivity (Wildman–Crippen MR) is 85.8 cm³/mol. The van der Waals surface area contributed by atoms with E-state index in [4.69, 9.17) is 4.74 Å². The van der Waals surface area contributed by atoms with Crippen molar-refractivity contribution in [3.05, 3.63) is 30.1 Å². The highest BCUT2D eigenvalue weighted by molar-refractivity contribution is 5.81. The van der Waals surface area contributed by atoms with E-state index in [1.165, 1.54) is 24.3 Å². The molecule has 3 atom stereocenters. The summed E-state index contributed by atoms with van der Waals surface area (Å²) in [6.45, 7) is 8.11. The Hall–Kier alpha value is -1.66. The van der Waals surface area contributed by atoms with Crippen molar-refractivity contribution in [2.45, 2.75) is 39.0 Å². The molecule has 1 heterocycles. The number of benzene rings is 1. The number of carbonyl (C=O) groups is 1. The minimum Gasteiger partial charge on any atom is -0.481 e. The van der Waals surface area contributed by atoms with E-state index in [2.05, 4.69) is 4.90 Å². The van der Waals surface area contributed by atoms with E-state index in [0.29, 0.717) is 25.4 Å². The van der Waals surface area contributed by atoms with Gasteiger partial charge in [0.05, 0.1) is 6.10 Å². The summed E-state index contributed by atoms with van der Waals surface area (Å²) >= 11 is 0. The molecular weight excluding hydrogens is 299 g/mol. The standard InChI is InChI=1S/C17H25FN2O3/c1-12-10-20(9-8-19(12)11-13(2)21)17(22)14(3)23-16-6-4-15(18)5-7-16/h4-7,12-14,21H,8-11H2,1-3H3/t12-,13-,14+/m0/s1. The van der Waals surface area contributed by atoms with E-state index in [0.717, 1.165) is 6.54 Å². The first-order valence-corrected chi connectivity index (χ1v) is 8.00. The highest BCUT2D eigenvalue weighted by Gasteiger charge is 2.30. The number of aliphatic hydroxyl groups is 1. The van der Waals surface area contributed by atoms with Crippen molar-refractivity contribution in [1.82, 2.24) is 9.80 Å². The fraction of sp³-hybridized carbons (Fsp3) is 0.588. The zero-order valence-electron chi connectivity index (χ0n) is 13.9. The summed E-state index contributed by atoms with van der Waals surface area (Å²) < 4.78 is 18.5. The number of halogens is 1. The number of amides is 1. The van der Waals surface area contributed by atoms with Gasteiger partial charge in [-0.3, -0.25) is 9.69 Å². The molecule has 0 unspecified atom stereocenters. The summed E-state index contributed by atoms with van der Waals surface area (Å²) in [6.07, 6.45) is -0.989. The monoisotopic (exact) mass is 324 g/mol. The summed E-state index contributed by atoms with van der Waals surface area (Å²) in [5, 5.41) is 9.50. The molecule has 0 spiro atoms. The van der Waals surface area contributed by atoms with Crippen LogP contribution in [0.4, 0.5) is 4.39 Å². The molecular formula is C17H25FN2O3. The molecule has 1 aromatic rings. The maximum atomic E-state index is 12.9. The number of hydrogen-bond acceptors (Lipinski definition) is 4. The van der Waals surface area contributed by atoms with Crippen LogP contribution in [-0.2, 0) is 4.79 Å². The zero-order valence-corrected chi connectivity index (χ0v) is 13.9. The number of piperazine rings is 1. The molecule has 2 rings (SSSR count). The normalized spacial score (nSPS) is 21.8. The molecule has 0 radical (unpaired) electrons. The molecule has 128 valence electrons. The molecule has 0 aliphatic carbocycles. The Morgan fingerprint density at radius 2 is 2.00 bits per heavy atom. The predicted octanol–water partition coefficient (Wildman–Crippen LogP) is 1.51. The maximum absolute atomic E-state index is 12.9. The van der Waals surface area contributed by atoms with Crippen LogP contribution in [0.1, 0.15) is 20.8 Å². The lowest BCUT2D eigenvalue weighted by Gasteiger charge is -2.41. The van der Waals surface area contributed by atoms with Gasteiger partial charge in [-0.15, -0.1) is 0 Å². The van der Waals surface area contributed by atoms with Gasteiger partial charge in [-0.25, -0.2) is 4.39 Å². The average molecular weight is 324 g/mol. The molecule has 1 fully saturated rings. The highest BCUT2D eigenvalue weighted by Crippen LogP contribution is 2.16. The number of ether oxygens (including phenoxy) is 1. The van der Waals surface area contributed by atoms with Gasteiger partial charge in [-0.05, 0) is 45.0 Å². The Balaban J connectivity index is 1.89. The van der Waals surface area contributed by atoms with Crippen molar-refractivity contribution in [2.75, 3.05) is 26.2 Å². The third kappa shape index (κ3) is 4.91. The Morgan fingerprint density at radius 1 is 1.35 bits per heavy atom.